The van der Waals surface area contributed by atoms with Crippen LogP contribution in [-0.4, -0.2) is 52.1 Å². The molecule has 0 bridgehead atoms. The number of amides is 2. The highest BCUT2D eigenvalue weighted by Gasteiger charge is 2.49. The Morgan fingerprint density at radius 1 is 1.39 bits per heavy atom. The van der Waals surface area contributed by atoms with Crippen LogP contribution in [0.5, 0.6) is 0 Å². The minimum absolute atomic E-state index is 0.0744. The van der Waals surface area contributed by atoms with Crippen LogP contribution in [0.15, 0.2) is 0 Å². The van der Waals surface area contributed by atoms with E-state index >= 15 is 0 Å². The van der Waals surface area contributed by atoms with Crippen LogP contribution in [0, 0.1) is 5.92 Å². The number of carboxylic acid groups (broad SMARTS) is 1. The number of carboxylic acids is 1. The number of nitrogens with zero attached hydrogens (tertiary/aromatic N) is 1. The fourth-order valence-electron chi connectivity index (χ4n) is 2.29. The first kappa shape index (κ1) is 13.5. The third-order valence-electron chi connectivity index (χ3n) is 3.98. The lowest BCUT2D eigenvalue weighted by Crippen LogP contribution is -2.58. The Morgan fingerprint density at radius 2 is 2.06 bits per heavy atom. The van der Waals surface area contributed by atoms with Crippen LogP contribution in [0.4, 0.5) is 4.79 Å². The van der Waals surface area contributed by atoms with Gasteiger partial charge in [-0.25, -0.2) is 9.59 Å². The largest absolute Gasteiger partial charge is 0.480 e. The molecule has 2 unspecified atom stereocenters. The van der Waals surface area contributed by atoms with Crippen molar-refractivity contribution in [2.45, 2.75) is 37.8 Å². The molecule has 1 heterocycles. The minimum Gasteiger partial charge on any atom is -0.480 e. The number of carbonyl (C=O) groups excluding carboxylic acids is 1. The van der Waals surface area contributed by atoms with Crippen molar-refractivity contribution in [3.63, 3.8) is 0 Å². The zero-order valence-corrected chi connectivity index (χ0v) is 11.6. The molecule has 1 saturated heterocycles. The highest BCUT2D eigenvalue weighted by atomic mass is 32.2. The van der Waals surface area contributed by atoms with E-state index in [1.165, 1.54) is 0 Å². The number of rotatable bonds is 4. The van der Waals surface area contributed by atoms with E-state index in [1.807, 2.05) is 11.8 Å². The van der Waals surface area contributed by atoms with Gasteiger partial charge in [0, 0.05) is 18.8 Å². The van der Waals surface area contributed by atoms with Gasteiger partial charge in [0.25, 0.3) is 0 Å². The lowest BCUT2D eigenvalue weighted by molar-refractivity contribution is -0.144. The van der Waals surface area contributed by atoms with E-state index < -0.39 is 11.5 Å². The van der Waals surface area contributed by atoms with Crippen molar-refractivity contribution < 1.29 is 14.7 Å². The second kappa shape index (κ2) is 4.99. The van der Waals surface area contributed by atoms with E-state index in [4.69, 9.17) is 0 Å². The van der Waals surface area contributed by atoms with Crippen molar-refractivity contribution in [2.75, 3.05) is 18.6 Å². The van der Waals surface area contributed by atoms with Gasteiger partial charge in [-0.1, -0.05) is 0 Å². The molecule has 1 aliphatic heterocycles. The van der Waals surface area contributed by atoms with Crippen molar-refractivity contribution >= 4 is 23.8 Å². The summed E-state index contributed by atoms with van der Waals surface area (Å²) < 4.78 is 0. The Balaban J connectivity index is 1.98. The lowest BCUT2D eigenvalue weighted by atomic mass is 9.96. The quantitative estimate of drug-likeness (QED) is 0.811. The second-order valence-electron chi connectivity index (χ2n) is 5.34. The van der Waals surface area contributed by atoms with Gasteiger partial charge >= 0.3 is 12.0 Å². The van der Waals surface area contributed by atoms with Crippen LogP contribution in [0.2, 0.25) is 0 Å². The summed E-state index contributed by atoms with van der Waals surface area (Å²) in [5, 5.41) is 12.0. The molecule has 1 saturated carbocycles. The predicted molar refractivity (Wildman–Crippen MR) is 70.8 cm³/mol. The summed E-state index contributed by atoms with van der Waals surface area (Å²) in [6, 6.07) is -0.0356. The normalized spacial score (nSPS) is 26.4. The maximum atomic E-state index is 12.1. The summed E-state index contributed by atoms with van der Waals surface area (Å²) in [4.78, 5) is 25.1. The Morgan fingerprint density at radius 3 is 2.50 bits per heavy atom. The van der Waals surface area contributed by atoms with E-state index in [9.17, 15) is 14.7 Å². The number of nitrogens with one attached hydrogen (secondary N) is 1. The van der Waals surface area contributed by atoms with E-state index in [1.54, 1.807) is 18.9 Å². The van der Waals surface area contributed by atoms with Gasteiger partial charge < -0.3 is 15.3 Å². The van der Waals surface area contributed by atoms with E-state index in [-0.39, 0.29) is 18.0 Å². The SMILES string of the molecule is CN(C(=O)NC(C)(C(=O)O)C1CC1)C1CCSC1. The molecule has 6 heteroatoms. The number of aliphatic carboxylic acids is 1. The van der Waals surface area contributed by atoms with Crippen LogP contribution in [0.3, 0.4) is 0 Å². The van der Waals surface area contributed by atoms with E-state index in [2.05, 4.69) is 5.32 Å². The first-order valence-corrected chi connectivity index (χ1v) is 7.46. The highest BCUT2D eigenvalue weighted by molar-refractivity contribution is 7.99. The first-order chi connectivity index (χ1) is 8.45. The molecule has 2 rings (SSSR count). The van der Waals surface area contributed by atoms with Gasteiger partial charge in [0.15, 0.2) is 0 Å². The maximum Gasteiger partial charge on any atom is 0.329 e. The fourth-order valence-corrected chi connectivity index (χ4v) is 3.56. The van der Waals surface area contributed by atoms with Gasteiger partial charge in [0.1, 0.15) is 5.54 Å². The molecule has 2 atom stereocenters. The summed E-state index contributed by atoms with van der Waals surface area (Å²) in [5.41, 5.74) is -1.11. The number of urea groups is 1. The van der Waals surface area contributed by atoms with Crippen LogP contribution in [0.25, 0.3) is 0 Å². The number of hydrogen-bond donors (Lipinski definition) is 2. The minimum atomic E-state index is -1.11. The van der Waals surface area contributed by atoms with Gasteiger partial charge in [-0.2, -0.15) is 11.8 Å². The van der Waals surface area contributed by atoms with Gasteiger partial charge in [-0.3, -0.25) is 0 Å². The van der Waals surface area contributed by atoms with Crippen molar-refractivity contribution in [1.29, 1.82) is 0 Å². The van der Waals surface area contributed by atoms with Crippen LogP contribution >= 0.6 is 11.8 Å². The van der Waals surface area contributed by atoms with Crippen LogP contribution < -0.4 is 5.32 Å². The predicted octanol–water partition coefficient (Wildman–Crippen LogP) is 1.39. The zero-order chi connectivity index (χ0) is 13.3. The molecular formula is C12H20N2O3S. The molecule has 1 aliphatic carbocycles. The van der Waals surface area contributed by atoms with Crippen LogP contribution in [-0.2, 0) is 4.79 Å². The lowest BCUT2D eigenvalue weighted by Gasteiger charge is -2.31. The molecule has 2 amide bonds. The second-order valence-corrected chi connectivity index (χ2v) is 6.49. The third kappa shape index (κ3) is 2.58. The molecule has 102 valence electrons. The summed E-state index contributed by atoms with van der Waals surface area (Å²) in [6.07, 6.45) is 2.75. The summed E-state index contributed by atoms with van der Waals surface area (Å²) in [6.45, 7) is 1.61. The molecule has 0 aromatic rings. The molecule has 0 spiro atoms. The Labute approximate surface area is 111 Å². The number of thioether (sulfide) groups is 1. The van der Waals surface area contributed by atoms with Crippen molar-refractivity contribution in [2.24, 2.45) is 5.92 Å². The summed E-state index contributed by atoms with van der Waals surface area (Å²) in [5.74, 6) is 1.15. The van der Waals surface area contributed by atoms with Crippen molar-refractivity contribution in [1.82, 2.24) is 10.2 Å². The first-order valence-electron chi connectivity index (χ1n) is 6.31. The highest BCUT2D eigenvalue weighted by Crippen LogP contribution is 2.39. The standard InChI is InChI=1S/C12H20N2O3S/c1-12(10(15)16,8-3-4-8)13-11(17)14(2)9-5-6-18-7-9/h8-9H,3-7H2,1-2H3,(H,13,17)(H,15,16). The molecule has 0 aromatic heterocycles. The van der Waals surface area contributed by atoms with E-state index in [0.29, 0.717) is 0 Å². The molecule has 2 fully saturated rings. The molecule has 2 N–H and O–H groups in total. The molecule has 18 heavy (non-hydrogen) atoms. The van der Waals surface area contributed by atoms with Crippen LogP contribution in [0.1, 0.15) is 26.2 Å². The van der Waals surface area contributed by atoms with Crippen molar-refractivity contribution in [3.05, 3.63) is 0 Å². The maximum absolute atomic E-state index is 12.1. The molecule has 0 radical (unpaired) electrons. The number of carbonyl (C=O) groups is 2. The average Bonchev–Trinajstić information content (AvgIpc) is 3.04. The van der Waals surface area contributed by atoms with Gasteiger partial charge in [-0.15, -0.1) is 0 Å². The summed E-state index contributed by atoms with van der Waals surface area (Å²) >= 11 is 1.83. The smallest absolute Gasteiger partial charge is 0.329 e. The average molecular weight is 272 g/mol. The third-order valence-corrected chi connectivity index (χ3v) is 5.12. The van der Waals surface area contributed by atoms with Gasteiger partial charge in [0.2, 0.25) is 0 Å². The Hall–Kier alpha value is -0.910. The molecular weight excluding hydrogens is 252 g/mol. The Bertz CT molecular complexity index is 353. The van der Waals surface area contributed by atoms with Gasteiger partial charge in [-0.05, 0) is 37.9 Å². The number of hydrogen-bond acceptors (Lipinski definition) is 3. The fraction of sp³-hybridized carbons (Fsp3) is 0.833. The summed E-state index contributed by atoms with van der Waals surface area (Å²) in [7, 11) is 1.75. The zero-order valence-electron chi connectivity index (χ0n) is 10.8. The van der Waals surface area contributed by atoms with Crippen molar-refractivity contribution in [3.8, 4) is 0 Å². The molecule has 5 nitrogen and oxygen atoms in total. The molecule has 0 aromatic carbocycles. The Kier molecular flexibility index (Phi) is 3.75. The molecule has 2 aliphatic rings. The van der Waals surface area contributed by atoms with Gasteiger partial charge in [0.05, 0.1) is 0 Å². The van der Waals surface area contributed by atoms with E-state index in [0.717, 1.165) is 30.8 Å². The monoisotopic (exact) mass is 272 g/mol. The topological polar surface area (TPSA) is 69.6 Å².